The lowest BCUT2D eigenvalue weighted by Gasteiger charge is -2.38. The number of ether oxygens (including phenoxy) is 2. The highest BCUT2D eigenvalue weighted by Crippen LogP contribution is 2.32. The first kappa shape index (κ1) is 12.3. The molecule has 0 amide bonds. The zero-order valence-corrected chi connectivity index (χ0v) is 11.2. The van der Waals surface area contributed by atoms with E-state index in [1.165, 1.54) is 5.56 Å². The third-order valence-electron chi connectivity index (χ3n) is 3.87. The molecule has 19 heavy (non-hydrogen) atoms. The summed E-state index contributed by atoms with van der Waals surface area (Å²) in [6, 6.07) is 8.67. The van der Waals surface area contributed by atoms with Gasteiger partial charge in [-0.15, -0.1) is 0 Å². The molecule has 2 aliphatic rings. The fourth-order valence-electron chi connectivity index (χ4n) is 2.67. The number of aryl methyl sites for hydroxylation is 1. The number of anilines is 1. The van der Waals surface area contributed by atoms with E-state index >= 15 is 0 Å². The van der Waals surface area contributed by atoms with Crippen LogP contribution in [0.15, 0.2) is 18.2 Å². The molecule has 0 radical (unpaired) electrons. The van der Waals surface area contributed by atoms with Crippen LogP contribution in [0.1, 0.15) is 12.0 Å². The van der Waals surface area contributed by atoms with Gasteiger partial charge in [-0.2, -0.15) is 5.26 Å². The highest BCUT2D eigenvalue weighted by Gasteiger charge is 2.40. The van der Waals surface area contributed by atoms with E-state index in [0.717, 1.165) is 30.9 Å². The third-order valence-corrected chi connectivity index (χ3v) is 3.87. The van der Waals surface area contributed by atoms with Crippen LogP contribution < -0.4 is 9.64 Å². The van der Waals surface area contributed by atoms with Gasteiger partial charge < -0.3 is 14.4 Å². The Bertz CT molecular complexity index is 517. The van der Waals surface area contributed by atoms with Crippen molar-refractivity contribution in [3.63, 3.8) is 0 Å². The summed E-state index contributed by atoms with van der Waals surface area (Å²) in [6.45, 7) is 2.62. The van der Waals surface area contributed by atoms with Gasteiger partial charge in [-0.3, -0.25) is 0 Å². The summed E-state index contributed by atoms with van der Waals surface area (Å²) in [5.74, 6) is 1.00. The molecule has 0 unspecified atom stereocenters. The van der Waals surface area contributed by atoms with E-state index in [1.807, 2.05) is 13.1 Å². The Morgan fingerprint density at radius 1 is 1.42 bits per heavy atom. The summed E-state index contributed by atoms with van der Waals surface area (Å²) >= 11 is 0. The van der Waals surface area contributed by atoms with Crippen molar-refractivity contribution in [2.24, 2.45) is 5.41 Å². The molecule has 0 aromatic heterocycles. The van der Waals surface area contributed by atoms with Crippen molar-refractivity contribution >= 4 is 5.69 Å². The normalized spacial score (nSPS) is 19.6. The van der Waals surface area contributed by atoms with Crippen LogP contribution >= 0.6 is 0 Å². The first-order valence-electron chi connectivity index (χ1n) is 6.68. The number of hydrogen-bond acceptors (Lipinski definition) is 4. The van der Waals surface area contributed by atoms with Crippen molar-refractivity contribution < 1.29 is 9.47 Å². The van der Waals surface area contributed by atoms with Crippen molar-refractivity contribution in [2.75, 3.05) is 38.3 Å². The molecule has 1 aromatic carbocycles. The average molecular weight is 258 g/mol. The molecule has 3 rings (SSSR count). The second kappa shape index (κ2) is 4.75. The van der Waals surface area contributed by atoms with Crippen LogP contribution in [0.5, 0.6) is 5.75 Å². The van der Waals surface area contributed by atoms with Crippen molar-refractivity contribution in [3.8, 4) is 11.8 Å². The van der Waals surface area contributed by atoms with Gasteiger partial charge in [-0.1, -0.05) is 0 Å². The van der Waals surface area contributed by atoms with Gasteiger partial charge in [0.15, 0.2) is 0 Å². The first-order valence-corrected chi connectivity index (χ1v) is 6.68. The number of fused-ring (bicyclic) bond motifs is 1. The highest BCUT2D eigenvalue weighted by molar-refractivity contribution is 5.53. The zero-order valence-electron chi connectivity index (χ0n) is 11.2. The fraction of sp³-hybridized carbons (Fsp3) is 0.533. The maximum absolute atomic E-state index is 9.25. The second-order valence-corrected chi connectivity index (χ2v) is 5.49. The van der Waals surface area contributed by atoms with Crippen molar-refractivity contribution in [1.29, 1.82) is 5.26 Å². The topological polar surface area (TPSA) is 45.5 Å². The first-order chi connectivity index (χ1) is 9.22. The minimum Gasteiger partial charge on any atom is -0.493 e. The maximum atomic E-state index is 9.25. The van der Waals surface area contributed by atoms with E-state index in [4.69, 9.17) is 9.47 Å². The van der Waals surface area contributed by atoms with Gasteiger partial charge in [0.2, 0.25) is 0 Å². The molecule has 1 saturated heterocycles. The minimum atomic E-state index is -0.332. The van der Waals surface area contributed by atoms with E-state index < -0.39 is 0 Å². The van der Waals surface area contributed by atoms with Crippen molar-refractivity contribution in [1.82, 2.24) is 0 Å². The Balaban J connectivity index is 1.76. The smallest absolute Gasteiger partial charge is 0.122 e. The Hall–Kier alpha value is -1.73. The molecule has 0 saturated carbocycles. The van der Waals surface area contributed by atoms with Gasteiger partial charge in [-0.25, -0.2) is 0 Å². The van der Waals surface area contributed by atoms with Gasteiger partial charge >= 0.3 is 0 Å². The molecule has 4 nitrogen and oxygen atoms in total. The largest absolute Gasteiger partial charge is 0.493 e. The molecule has 2 aliphatic heterocycles. The molecule has 1 aromatic rings. The molecule has 0 spiro atoms. The predicted octanol–water partition coefficient (Wildman–Crippen LogP) is 1.99. The van der Waals surface area contributed by atoms with Crippen LogP contribution in [0, 0.1) is 16.7 Å². The van der Waals surface area contributed by atoms with E-state index in [0.29, 0.717) is 19.8 Å². The van der Waals surface area contributed by atoms with Crippen LogP contribution in [-0.2, 0) is 11.2 Å². The monoisotopic (exact) mass is 258 g/mol. The Morgan fingerprint density at radius 3 is 2.95 bits per heavy atom. The predicted molar refractivity (Wildman–Crippen MR) is 72.4 cm³/mol. The molecule has 2 heterocycles. The molecule has 0 aliphatic carbocycles. The number of rotatable bonds is 3. The molecular formula is C15H18N2O2. The SMILES string of the molecule is CN(CC1(C#N)COC1)c1ccc2c(c1)CCCO2. The molecule has 4 heteroatoms. The number of benzene rings is 1. The van der Waals surface area contributed by atoms with E-state index in [9.17, 15) is 5.26 Å². The lowest BCUT2D eigenvalue weighted by Crippen LogP contribution is -2.49. The van der Waals surface area contributed by atoms with Gasteiger partial charge in [0.1, 0.15) is 11.2 Å². The number of hydrogen-bond donors (Lipinski definition) is 0. The summed E-state index contributed by atoms with van der Waals surface area (Å²) in [7, 11) is 2.03. The third kappa shape index (κ3) is 2.26. The summed E-state index contributed by atoms with van der Waals surface area (Å²) < 4.78 is 10.8. The molecule has 0 bridgehead atoms. The molecule has 1 fully saturated rings. The van der Waals surface area contributed by atoms with Gasteiger partial charge in [0, 0.05) is 19.3 Å². The van der Waals surface area contributed by atoms with Gasteiger partial charge in [0.25, 0.3) is 0 Å². The fourth-order valence-corrected chi connectivity index (χ4v) is 2.67. The van der Waals surface area contributed by atoms with Crippen molar-refractivity contribution in [2.45, 2.75) is 12.8 Å². The maximum Gasteiger partial charge on any atom is 0.122 e. The molecular weight excluding hydrogens is 240 g/mol. The van der Waals surface area contributed by atoms with Crippen LogP contribution in [-0.4, -0.2) is 33.4 Å². The Morgan fingerprint density at radius 2 is 2.26 bits per heavy atom. The van der Waals surface area contributed by atoms with Crippen LogP contribution in [0.2, 0.25) is 0 Å². The number of nitriles is 1. The van der Waals surface area contributed by atoms with Crippen LogP contribution in [0.4, 0.5) is 5.69 Å². The van der Waals surface area contributed by atoms with Gasteiger partial charge in [-0.05, 0) is 36.6 Å². The minimum absolute atomic E-state index is 0.332. The Labute approximate surface area is 113 Å². The molecule has 0 N–H and O–H groups in total. The van der Waals surface area contributed by atoms with Crippen LogP contribution in [0.25, 0.3) is 0 Å². The molecule has 100 valence electrons. The lowest BCUT2D eigenvalue weighted by molar-refractivity contribution is -0.0716. The Kier molecular flexibility index (Phi) is 3.08. The second-order valence-electron chi connectivity index (χ2n) is 5.49. The van der Waals surface area contributed by atoms with Crippen LogP contribution in [0.3, 0.4) is 0 Å². The summed E-state index contributed by atoms with van der Waals surface area (Å²) in [5, 5.41) is 9.25. The van der Waals surface area contributed by atoms with E-state index in [1.54, 1.807) is 0 Å². The molecule has 0 atom stereocenters. The summed E-state index contributed by atoms with van der Waals surface area (Å²) in [5.41, 5.74) is 2.08. The average Bonchev–Trinajstić information content (AvgIpc) is 2.42. The van der Waals surface area contributed by atoms with Crippen molar-refractivity contribution in [3.05, 3.63) is 23.8 Å². The summed E-state index contributed by atoms with van der Waals surface area (Å²) in [6.07, 6.45) is 2.15. The highest BCUT2D eigenvalue weighted by atomic mass is 16.5. The van der Waals surface area contributed by atoms with Gasteiger partial charge in [0.05, 0.1) is 25.9 Å². The lowest BCUT2D eigenvalue weighted by atomic mass is 9.87. The van der Waals surface area contributed by atoms with E-state index in [-0.39, 0.29) is 5.41 Å². The standard InChI is InChI=1S/C15H18N2O2/c1-17(9-15(8-16)10-18-11-15)13-4-5-14-12(7-13)3-2-6-19-14/h4-5,7H,2-3,6,9-11H2,1H3. The quantitative estimate of drug-likeness (QED) is 0.831. The number of nitrogens with zero attached hydrogens (tertiary/aromatic N) is 2. The summed E-state index contributed by atoms with van der Waals surface area (Å²) in [4.78, 5) is 2.14. The van der Waals surface area contributed by atoms with E-state index in [2.05, 4.69) is 23.1 Å². The zero-order chi connectivity index (χ0) is 13.3.